The van der Waals surface area contributed by atoms with Gasteiger partial charge in [-0.25, -0.2) is 8.78 Å². The second kappa shape index (κ2) is 7.03. The molecule has 5 rings (SSSR count). The summed E-state index contributed by atoms with van der Waals surface area (Å²) in [5.41, 5.74) is 2.55. The van der Waals surface area contributed by atoms with Crippen molar-refractivity contribution in [3.63, 3.8) is 0 Å². The van der Waals surface area contributed by atoms with Gasteiger partial charge in [-0.1, -0.05) is 6.07 Å². The van der Waals surface area contributed by atoms with Crippen molar-refractivity contribution in [1.82, 2.24) is 14.5 Å². The predicted octanol–water partition coefficient (Wildman–Crippen LogP) is 4.81. The molecule has 2 aromatic carbocycles. The zero-order chi connectivity index (χ0) is 20.0. The molecule has 0 aliphatic carbocycles. The average Bonchev–Trinajstić information content (AvgIpc) is 3.33. The molecule has 0 radical (unpaired) electrons. The fourth-order valence-corrected chi connectivity index (χ4v) is 4.43. The maximum absolute atomic E-state index is 14.0. The van der Waals surface area contributed by atoms with Crippen molar-refractivity contribution in [2.75, 3.05) is 13.1 Å². The standard InChI is InChI=1S/C23H21F2N3O/c24-16-4-5-21-19(13-16)15(14-26-21)12-23(29)27-9-6-17(7-10-27)28-11-8-18-20(25)2-1-3-22(18)28/h1-5,8,11,13-14,17,26H,6-7,9-10,12H2. The summed E-state index contributed by atoms with van der Waals surface area (Å²) >= 11 is 0. The molecule has 0 unspecified atom stereocenters. The first kappa shape index (κ1) is 17.9. The van der Waals surface area contributed by atoms with Crippen molar-refractivity contribution < 1.29 is 13.6 Å². The number of hydrogen-bond acceptors (Lipinski definition) is 1. The third-order valence-corrected chi connectivity index (χ3v) is 5.99. The number of fused-ring (bicyclic) bond motifs is 2. The number of carbonyl (C=O) groups is 1. The summed E-state index contributed by atoms with van der Waals surface area (Å²) < 4.78 is 29.7. The Morgan fingerprint density at radius 1 is 1.07 bits per heavy atom. The van der Waals surface area contributed by atoms with Crippen LogP contribution in [-0.4, -0.2) is 33.4 Å². The minimum absolute atomic E-state index is 0.0528. The molecule has 6 heteroatoms. The van der Waals surface area contributed by atoms with Crippen LogP contribution in [-0.2, 0) is 11.2 Å². The van der Waals surface area contributed by atoms with Crippen LogP contribution >= 0.6 is 0 Å². The Labute approximate surface area is 166 Å². The lowest BCUT2D eigenvalue weighted by Gasteiger charge is -2.33. The summed E-state index contributed by atoms with van der Waals surface area (Å²) in [6.45, 7) is 1.32. The van der Waals surface area contributed by atoms with Crippen LogP contribution in [0.2, 0.25) is 0 Å². The van der Waals surface area contributed by atoms with Gasteiger partial charge in [0.1, 0.15) is 11.6 Å². The van der Waals surface area contributed by atoms with E-state index >= 15 is 0 Å². The van der Waals surface area contributed by atoms with Crippen molar-refractivity contribution in [3.05, 3.63) is 72.1 Å². The van der Waals surface area contributed by atoms with Gasteiger partial charge in [-0.05, 0) is 54.8 Å². The van der Waals surface area contributed by atoms with Crippen LogP contribution in [0.4, 0.5) is 8.78 Å². The average molecular weight is 393 g/mol. The molecule has 1 saturated heterocycles. The summed E-state index contributed by atoms with van der Waals surface area (Å²) in [6.07, 6.45) is 5.64. The van der Waals surface area contributed by atoms with E-state index in [1.54, 1.807) is 18.3 Å². The van der Waals surface area contributed by atoms with Gasteiger partial charge < -0.3 is 14.5 Å². The van der Waals surface area contributed by atoms with E-state index in [4.69, 9.17) is 0 Å². The number of amides is 1. The van der Waals surface area contributed by atoms with Crippen molar-refractivity contribution in [2.45, 2.75) is 25.3 Å². The highest BCUT2D eigenvalue weighted by molar-refractivity contribution is 5.89. The lowest BCUT2D eigenvalue weighted by molar-refractivity contribution is -0.131. The fourth-order valence-electron chi connectivity index (χ4n) is 4.43. The molecule has 0 saturated carbocycles. The highest BCUT2D eigenvalue weighted by atomic mass is 19.1. The molecule has 1 N–H and O–H groups in total. The van der Waals surface area contributed by atoms with Crippen LogP contribution in [0.25, 0.3) is 21.8 Å². The number of benzene rings is 2. The highest BCUT2D eigenvalue weighted by Gasteiger charge is 2.25. The van der Waals surface area contributed by atoms with Gasteiger partial charge in [-0.15, -0.1) is 0 Å². The number of likely N-dealkylation sites (tertiary alicyclic amines) is 1. The second-order valence-electron chi connectivity index (χ2n) is 7.69. The van der Waals surface area contributed by atoms with Gasteiger partial charge in [-0.3, -0.25) is 4.79 Å². The molecule has 1 fully saturated rings. The Bertz CT molecular complexity index is 1200. The maximum Gasteiger partial charge on any atom is 0.227 e. The fraction of sp³-hybridized carbons (Fsp3) is 0.261. The number of nitrogens with zero attached hydrogens (tertiary/aromatic N) is 2. The number of H-pyrrole nitrogens is 1. The molecule has 1 amide bonds. The normalized spacial score (nSPS) is 15.4. The lowest BCUT2D eigenvalue weighted by atomic mass is 10.0. The minimum atomic E-state index is -0.304. The van der Waals surface area contributed by atoms with E-state index in [2.05, 4.69) is 9.55 Å². The minimum Gasteiger partial charge on any atom is -0.361 e. The summed E-state index contributed by atoms with van der Waals surface area (Å²) in [7, 11) is 0. The molecule has 148 valence electrons. The van der Waals surface area contributed by atoms with Gasteiger partial charge in [0.15, 0.2) is 0 Å². The van der Waals surface area contributed by atoms with E-state index < -0.39 is 0 Å². The lowest BCUT2D eigenvalue weighted by Crippen LogP contribution is -2.39. The molecule has 0 spiro atoms. The number of rotatable bonds is 3. The SMILES string of the molecule is O=C(Cc1c[nH]c2ccc(F)cc12)N1CCC(n2ccc3c(F)cccc32)CC1. The van der Waals surface area contributed by atoms with Gasteiger partial charge in [0.05, 0.1) is 11.9 Å². The Kier molecular flexibility index (Phi) is 4.34. The zero-order valence-electron chi connectivity index (χ0n) is 15.9. The Morgan fingerprint density at radius 2 is 1.90 bits per heavy atom. The van der Waals surface area contributed by atoms with Crippen molar-refractivity contribution in [2.24, 2.45) is 0 Å². The smallest absolute Gasteiger partial charge is 0.227 e. The van der Waals surface area contributed by atoms with E-state index in [1.165, 1.54) is 18.2 Å². The summed E-state index contributed by atoms with van der Waals surface area (Å²) in [6, 6.07) is 11.8. The van der Waals surface area contributed by atoms with Gasteiger partial charge in [0.25, 0.3) is 0 Å². The molecule has 4 nitrogen and oxygen atoms in total. The Balaban J connectivity index is 1.28. The number of aromatic amines is 1. The zero-order valence-corrected chi connectivity index (χ0v) is 15.9. The van der Waals surface area contributed by atoms with E-state index in [-0.39, 0.29) is 30.0 Å². The second-order valence-corrected chi connectivity index (χ2v) is 7.69. The van der Waals surface area contributed by atoms with Crippen molar-refractivity contribution >= 4 is 27.7 Å². The van der Waals surface area contributed by atoms with Gasteiger partial charge in [0.2, 0.25) is 5.91 Å². The van der Waals surface area contributed by atoms with E-state index in [9.17, 15) is 13.6 Å². The predicted molar refractivity (Wildman–Crippen MR) is 109 cm³/mol. The third-order valence-electron chi connectivity index (χ3n) is 5.99. The summed E-state index contributed by atoms with van der Waals surface area (Å²) in [5.74, 6) is -0.456. The number of halogens is 2. The summed E-state index contributed by atoms with van der Waals surface area (Å²) in [5, 5.41) is 1.40. The molecule has 3 heterocycles. The maximum atomic E-state index is 14.0. The quantitative estimate of drug-likeness (QED) is 0.533. The van der Waals surface area contributed by atoms with Crippen LogP contribution in [0.3, 0.4) is 0 Å². The first-order valence-corrected chi connectivity index (χ1v) is 9.88. The topological polar surface area (TPSA) is 41.0 Å². The van der Waals surface area contributed by atoms with Gasteiger partial charge >= 0.3 is 0 Å². The number of aromatic nitrogens is 2. The van der Waals surface area contributed by atoms with Crippen LogP contribution in [0, 0.1) is 11.6 Å². The monoisotopic (exact) mass is 393 g/mol. The molecule has 1 aliphatic heterocycles. The van der Waals surface area contributed by atoms with Crippen molar-refractivity contribution in [3.8, 4) is 0 Å². The molecule has 0 bridgehead atoms. The van der Waals surface area contributed by atoms with Crippen LogP contribution in [0.15, 0.2) is 54.9 Å². The van der Waals surface area contributed by atoms with Crippen LogP contribution in [0.5, 0.6) is 0 Å². The first-order chi connectivity index (χ1) is 14.1. The molecule has 2 aromatic heterocycles. The molecular weight excluding hydrogens is 372 g/mol. The molecule has 0 atom stereocenters. The van der Waals surface area contributed by atoms with Gasteiger partial charge in [-0.2, -0.15) is 0 Å². The van der Waals surface area contributed by atoms with Crippen LogP contribution < -0.4 is 0 Å². The summed E-state index contributed by atoms with van der Waals surface area (Å²) in [4.78, 5) is 17.8. The number of hydrogen-bond donors (Lipinski definition) is 1. The largest absolute Gasteiger partial charge is 0.361 e. The third kappa shape index (κ3) is 3.18. The highest BCUT2D eigenvalue weighted by Crippen LogP contribution is 2.29. The number of carbonyl (C=O) groups excluding carboxylic acids is 1. The first-order valence-electron chi connectivity index (χ1n) is 9.88. The Morgan fingerprint density at radius 3 is 2.72 bits per heavy atom. The molecule has 4 aromatic rings. The van der Waals surface area contributed by atoms with Crippen molar-refractivity contribution in [1.29, 1.82) is 0 Å². The number of piperidine rings is 1. The van der Waals surface area contributed by atoms with Gasteiger partial charge in [0, 0.05) is 47.8 Å². The van der Waals surface area contributed by atoms with E-state index in [1.807, 2.05) is 23.2 Å². The van der Waals surface area contributed by atoms with E-state index in [0.717, 1.165) is 34.8 Å². The molecule has 1 aliphatic rings. The Hall–Kier alpha value is -3.15. The molecule has 29 heavy (non-hydrogen) atoms. The number of nitrogens with one attached hydrogen (secondary N) is 1. The van der Waals surface area contributed by atoms with Crippen LogP contribution in [0.1, 0.15) is 24.4 Å². The van der Waals surface area contributed by atoms with E-state index in [0.29, 0.717) is 18.5 Å². The molecular formula is C23H21F2N3O.